The number of piperidine rings is 1. The molecule has 2 heterocycles. The molecule has 4 nitrogen and oxygen atoms in total. The van der Waals surface area contributed by atoms with E-state index < -0.39 is 0 Å². The van der Waals surface area contributed by atoms with E-state index in [1.165, 1.54) is 11.1 Å². The maximum absolute atomic E-state index is 10.7. The summed E-state index contributed by atoms with van der Waals surface area (Å²) in [4.78, 5) is 0. The summed E-state index contributed by atoms with van der Waals surface area (Å²) in [6, 6.07) is 4.92. The third kappa shape index (κ3) is 1.50. The number of aliphatic hydroxyl groups is 1. The van der Waals surface area contributed by atoms with Crippen molar-refractivity contribution in [1.29, 1.82) is 0 Å². The van der Waals surface area contributed by atoms with Crippen molar-refractivity contribution in [3.05, 3.63) is 23.3 Å². The van der Waals surface area contributed by atoms with E-state index in [9.17, 15) is 5.11 Å². The molecule has 0 aromatic heterocycles. The fourth-order valence-corrected chi connectivity index (χ4v) is 6.24. The van der Waals surface area contributed by atoms with Gasteiger partial charge in [0.25, 0.3) is 0 Å². The fraction of sp³-hybridized carbons (Fsp3) is 0.684. The molecule has 1 saturated heterocycles. The summed E-state index contributed by atoms with van der Waals surface area (Å²) < 4.78 is 13.1. The van der Waals surface area contributed by atoms with E-state index in [2.05, 4.69) is 20.2 Å². The summed E-state index contributed by atoms with van der Waals surface area (Å²) in [5.74, 6) is 2.36. The van der Waals surface area contributed by atoms with E-state index in [1.807, 2.05) is 6.07 Å². The number of benzene rings is 1. The first-order valence-electron chi connectivity index (χ1n) is 8.87. The summed E-state index contributed by atoms with van der Waals surface area (Å²) in [6.45, 7) is 1.16. The SMILES string of the molecule is COc1ccc2c3c1O[C@H]1[C@@H](O)CC[C@H]4[C@@H](C2)[N+](C)(C)CC[C@@]341. The second-order valence-electron chi connectivity index (χ2n) is 8.48. The van der Waals surface area contributed by atoms with E-state index in [4.69, 9.17) is 9.47 Å². The van der Waals surface area contributed by atoms with Crippen molar-refractivity contribution in [3.8, 4) is 11.5 Å². The third-order valence-electron chi connectivity index (χ3n) is 7.32. The molecule has 4 aliphatic rings. The van der Waals surface area contributed by atoms with Gasteiger partial charge in [0.1, 0.15) is 6.10 Å². The Hall–Kier alpha value is -1.26. The maximum Gasteiger partial charge on any atom is 0.165 e. The van der Waals surface area contributed by atoms with Gasteiger partial charge >= 0.3 is 0 Å². The quantitative estimate of drug-likeness (QED) is 0.804. The Morgan fingerprint density at radius 2 is 2.13 bits per heavy atom. The van der Waals surface area contributed by atoms with Crippen molar-refractivity contribution in [3.63, 3.8) is 0 Å². The minimum absolute atomic E-state index is 0.00750. The Kier molecular flexibility index (Phi) is 2.59. The van der Waals surface area contributed by atoms with Crippen LogP contribution in [0.3, 0.4) is 0 Å². The van der Waals surface area contributed by atoms with Gasteiger partial charge in [-0.1, -0.05) is 6.07 Å². The predicted octanol–water partition coefficient (Wildman–Crippen LogP) is 1.87. The molecule has 2 bridgehead atoms. The third-order valence-corrected chi connectivity index (χ3v) is 7.32. The van der Waals surface area contributed by atoms with Crippen LogP contribution in [0.5, 0.6) is 11.5 Å². The summed E-state index contributed by atoms with van der Waals surface area (Å²) in [5, 5.41) is 10.7. The molecule has 2 fully saturated rings. The summed E-state index contributed by atoms with van der Waals surface area (Å²) in [6.07, 6.45) is 3.76. The number of aliphatic hydroxyl groups excluding tert-OH is 1. The van der Waals surface area contributed by atoms with E-state index in [0.717, 1.165) is 48.2 Å². The van der Waals surface area contributed by atoms with Crippen molar-refractivity contribution < 1.29 is 19.1 Å². The zero-order valence-corrected chi connectivity index (χ0v) is 14.2. The molecular weight excluding hydrogens is 290 g/mol. The highest BCUT2D eigenvalue weighted by Gasteiger charge is 2.68. The number of hydrogen-bond acceptors (Lipinski definition) is 3. The average molecular weight is 316 g/mol. The van der Waals surface area contributed by atoms with Gasteiger partial charge in [0.05, 0.1) is 45.3 Å². The summed E-state index contributed by atoms with van der Waals surface area (Å²) >= 11 is 0. The molecular formula is C19H26NO3+. The van der Waals surface area contributed by atoms with Crippen molar-refractivity contribution in [2.75, 3.05) is 27.7 Å². The van der Waals surface area contributed by atoms with Gasteiger partial charge in [-0.05, 0) is 24.5 Å². The van der Waals surface area contributed by atoms with Crippen molar-refractivity contribution in [2.24, 2.45) is 5.92 Å². The monoisotopic (exact) mass is 316 g/mol. The van der Waals surface area contributed by atoms with Crippen LogP contribution in [0.4, 0.5) is 0 Å². The maximum atomic E-state index is 10.7. The van der Waals surface area contributed by atoms with Crippen LogP contribution in [0.1, 0.15) is 30.4 Å². The minimum atomic E-state index is -0.358. The van der Waals surface area contributed by atoms with Gasteiger partial charge in [-0.3, -0.25) is 0 Å². The number of methoxy groups -OCH3 is 1. The molecule has 1 aromatic carbocycles. The lowest BCUT2D eigenvalue weighted by molar-refractivity contribution is -0.927. The summed E-state index contributed by atoms with van der Waals surface area (Å²) in [5.41, 5.74) is 2.80. The molecule has 1 saturated carbocycles. The molecule has 1 aromatic rings. The number of rotatable bonds is 1. The van der Waals surface area contributed by atoms with Crippen LogP contribution in [0.15, 0.2) is 12.1 Å². The molecule has 23 heavy (non-hydrogen) atoms. The first kappa shape index (κ1) is 14.1. The lowest BCUT2D eigenvalue weighted by Crippen LogP contribution is -2.71. The standard InChI is InChI=1S/C19H26NO3/c1-20(2)9-8-19-12-5-6-14(21)18(19)23-17-15(22-3)7-4-11(16(17)19)10-13(12)20/h4,7,12-14,18,21H,5-6,8-10H2,1-3H3/q+1/t12-,13+,14-,18-,19-/m0/s1. The predicted molar refractivity (Wildman–Crippen MR) is 86.9 cm³/mol. The Labute approximate surface area is 137 Å². The van der Waals surface area contributed by atoms with Crippen LogP contribution in [0, 0.1) is 5.92 Å². The van der Waals surface area contributed by atoms with Crippen LogP contribution in [-0.2, 0) is 11.8 Å². The topological polar surface area (TPSA) is 38.7 Å². The highest BCUT2D eigenvalue weighted by molar-refractivity contribution is 5.60. The first-order valence-corrected chi connectivity index (χ1v) is 8.87. The number of ether oxygens (including phenoxy) is 2. The van der Waals surface area contributed by atoms with Gasteiger partial charge in [-0.25, -0.2) is 0 Å². The number of quaternary nitrogens is 1. The van der Waals surface area contributed by atoms with E-state index in [0.29, 0.717) is 12.0 Å². The largest absolute Gasteiger partial charge is 0.493 e. The fourth-order valence-electron chi connectivity index (χ4n) is 6.24. The molecule has 124 valence electrons. The highest BCUT2D eigenvalue weighted by Crippen LogP contribution is 2.64. The average Bonchev–Trinajstić information content (AvgIpc) is 2.88. The molecule has 0 amide bonds. The molecule has 0 radical (unpaired) electrons. The first-order chi connectivity index (χ1) is 11.0. The summed E-state index contributed by atoms with van der Waals surface area (Å²) in [7, 11) is 6.47. The molecule has 0 unspecified atom stereocenters. The van der Waals surface area contributed by atoms with Gasteiger partial charge in [0.2, 0.25) is 0 Å². The Bertz CT molecular complexity index is 685. The molecule has 5 atom stereocenters. The second kappa shape index (κ2) is 4.22. The van der Waals surface area contributed by atoms with Gasteiger partial charge in [-0.15, -0.1) is 0 Å². The Morgan fingerprint density at radius 1 is 1.30 bits per heavy atom. The van der Waals surface area contributed by atoms with Gasteiger partial charge in [-0.2, -0.15) is 0 Å². The van der Waals surface area contributed by atoms with Crippen LogP contribution in [0.2, 0.25) is 0 Å². The zero-order valence-electron chi connectivity index (χ0n) is 14.2. The number of hydrogen-bond donors (Lipinski definition) is 1. The molecule has 4 heteroatoms. The van der Waals surface area contributed by atoms with E-state index in [-0.39, 0.29) is 17.6 Å². The normalized spacial score (nSPS) is 41.9. The second-order valence-corrected chi connectivity index (χ2v) is 8.48. The molecule has 1 spiro atoms. The van der Waals surface area contributed by atoms with Crippen molar-refractivity contribution >= 4 is 0 Å². The lowest BCUT2D eigenvalue weighted by Gasteiger charge is -2.60. The lowest BCUT2D eigenvalue weighted by atomic mass is 9.51. The number of nitrogens with zero attached hydrogens (tertiary/aromatic N) is 1. The van der Waals surface area contributed by atoms with Crippen LogP contribution in [0.25, 0.3) is 0 Å². The van der Waals surface area contributed by atoms with Gasteiger partial charge in [0.15, 0.2) is 11.5 Å². The number of likely N-dealkylation sites (N-methyl/N-ethyl adjacent to an activating group) is 1. The highest BCUT2D eigenvalue weighted by atomic mass is 16.5. The minimum Gasteiger partial charge on any atom is -0.493 e. The van der Waals surface area contributed by atoms with Crippen molar-refractivity contribution in [1.82, 2.24) is 0 Å². The Morgan fingerprint density at radius 3 is 2.91 bits per heavy atom. The van der Waals surface area contributed by atoms with Crippen LogP contribution >= 0.6 is 0 Å². The molecule has 2 aliphatic carbocycles. The van der Waals surface area contributed by atoms with Crippen molar-refractivity contribution in [2.45, 2.75) is 49.3 Å². The van der Waals surface area contributed by atoms with Crippen LogP contribution in [-0.4, -0.2) is 55.6 Å². The van der Waals surface area contributed by atoms with Gasteiger partial charge in [0, 0.05) is 24.3 Å². The van der Waals surface area contributed by atoms with E-state index in [1.54, 1.807) is 7.11 Å². The number of likely N-dealkylation sites (tertiary alicyclic amines) is 1. The van der Waals surface area contributed by atoms with Crippen LogP contribution < -0.4 is 9.47 Å². The van der Waals surface area contributed by atoms with E-state index >= 15 is 0 Å². The molecule has 5 rings (SSSR count). The Balaban J connectivity index is 1.79. The zero-order chi connectivity index (χ0) is 16.0. The molecule has 1 N–H and O–H groups in total. The smallest absolute Gasteiger partial charge is 0.165 e. The molecule has 2 aliphatic heterocycles. The van der Waals surface area contributed by atoms with Gasteiger partial charge < -0.3 is 19.1 Å².